The van der Waals surface area contributed by atoms with E-state index < -0.39 is 5.41 Å². The Morgan fingerprint density at radius 3 is 1.59 bits per heavy atom. The fourth-order valence-electron chi connectivity index (χ4n) is 4.06. The molecule has 0 aliphatic heterocycles. The van der Waals surface area contributed by atoms with Crippen molar-refractivity contribution < 1.29 is 9.53 Å². The fourth-order valence-corrected chi connectivity index (χ4v) is 4.06. The molecule has 4 heteroatoms. The summed E-state index contributed by atoms with van der Waals surface area (Å²) in [5.74, 6) is 0.594. The summed E-state index contributed by atoms with van der Waals surface area (Å²) in [5.41, 5.74) is 5.59. The van der Waals surface area contributed by atoms with Gasteiger partial charge in [-0.25, -0.2) is 0 Å². The highest BCUT2D eigenvalue weighted by atomic mass is 16.5. The highest BCUT2D eigenvalue weighted by Gasteiger charge is 2.44. The van der Waals surface area contributed by atoms with E-state index in [0.717, 1.165) is 28.1 Å². The van der Waals surface area contributed by atoms with Gasteiger partial charge < -0.3 is 4.74 Å². The minimum atomic E-state index is -1.06. The summed E-state index contributed by atoms with van der Waals surface area (Å²) in [5, 5.41) is 1.76. The van der Waals surface area contributed by atoms with E-state index in [4.69, 9.17) is 4.74 Å². The van der Waals surface area contributed by atoms with Crippen molar-refractivity contribution >= 4 is 11.6 Å². The van der Waals surface area contributed by atoms with Crippen LogP contribution in [-0.2, 0) is 10.2 Å². The van der Waals surface area contributed by atoms with E-state index in [9.17, 15) is 4.79 Å². The number of hydrazine groups is 1. The number of nitrogens with zero attached hydrogens (tertiary/aromatic N) is 1. The van der Waals surface area contributed by atoms with Crippen LogP contribution in [0.2, 0.25) is 0 Å². The molecule has 0 saturated carbocycles. The molecule has 1 N–H and O–H groups in total. The molecule has 0 unspecified atom stereocenters. The van der Waals surface area contributed by atoms with Crippen molar-refractivity contribution in [2.75, 3.05) is 19.2 Å². The average Bonchev–Trinajstić information content (AvgIpc) is 2.87. The summed E-state index contributed by atoms with van der Waals surface area (Å²) in [7, 11) is 3.49. The molecule has 160 valence electrons. The van der Waals surface area contributed by atoms with E-state index in [-0.39, 0.29) is 5.91 Å². The molecule has 0 bridgehead atoms. The highest BCUT2D eigenvalue weighted by Crippen LogP contribution is 2.40. The van der Waals surface area contributed by atoms with Crippen LogP contribution in [0.4, 0.5) is 5.69 Å². The molecular weight excluding hydrogens is 396 g/mol. The van der Waals surface area contributed by atoms with Crippen molar-refractivity contribution in [2.45, 2.75) is 5.41 Å². The molecule has 4 nitrogen and oxygen atoms in total. The molecular formula is C28H26N2O2. The zero-order valence-electron chi connectivity index (χ0n) is 18.2. The van der Waals surface area contributed by atoms with Crippen LogP contribution in [0.3, 0.4) is 0 Å². The molecule has 0 saturated heterocycles. The quantitative estimate of drug-likeness (QED) is 0.329. The van der Waals surface area contributed by atoms with Crippen molar-refractivity contribution in [3.63, 3.8) is 0 Å². The molecule has 4 aromatic rings. The Labute approximate surface area is 189 Å². The Balaban J connectivity index is 1.90. The van der Waals surface area contributed by atoms with Crippen molar-refractivity contribution in [1.82, 2.24) is 5.43 Å². The molecule has 0 spiro atoms. The normalized spacial score (nSPS) is 10.9. The van der Waals surface area contributed by atoms with Crippen LogP contribution in [0.1, 0.15) is 16.7 Å². The number of amides is 1. The molecule has 0 atom stereocenters. The van der Waals surface area contributed by atoms with Gasteiger partial charge in [0.05, 0.1) is 12.8 Å². The number of hydrogen-bond acceptors (Lipinski definition) is 3. The predicted molar refractivity (Wildman–Crippen MR) is 129 cm³/mol. The third-order valence-electron chi connectivity index (χ3n) is 5.69. The Morgan fingerprint density at radius 1 is 0.688 bits per heavy atom. The van der Waals surface area contributed by atoms with Gasteiger partial charge in [0, 0.05) is 7.05 Å². The van der Waals surface area contributed by atoms with Crippen LogP contribution in [0.5, 0.6) is 5.75 Å². The number of methoxy groups -OCH3 is 1. The first kappa shape index (κ1) is 21.2. The average molecular weight is 423 g/mol. The van der Waals surface area contributed by atoms with Crippen LogP contribution in [0.15, 0.2) is 115 Å². The topological polar surface area (TPSA) is 41.6 Å². The van der Waals surface area contributed by atoms with Gasteiger partial charge in [0.2, 0.25) is 0 Å². The van der Waals surface area contributed by atoms with Crippen LogP contribution in [0, 0.1) is 0 Å². The number of benzene rings is 4. The van der Waals surface area contributed by atoms with Gasteiger partial charge in [-0.05, 0) is 41.0 Å². The number of para-hydroxylation sites is 1. The Morgan fingerprint density at radius 2 is 1.12 bits per heavy atom. The molecule has 1 amide bonds. The maximum absolute atomic E-state index is 14.2. The van der Waals surface area contributed by atoms with E-state index in [1.54, 1.807) is 12.1 Å². The van der Waals surface area contributed by atoms with Crippen LogP contribution in [0.25, 0.3) is 0 Å². The highest BCUT2D eigenvalue weighted by molar-refractivity contribution is 5.97. The van der Waals surface area contributed by atoms with Crippen molar-refractivity contribution in [1.29, 1.82) is 0 Å². The van der Waals surface area contributed by atoms with Gasteiger partial charge >= 0.3 is 0 Å². The fraction of sp³-hybridized carbons (Fsp3) is 0.107. The molecule has 0 heterocycles. The lowest BCUT2D eigenvalue weighted by Crippen LogP contribution is -2.52. The van der Waals surface area contributed by atoms with Crippen molar-refractivity contribution in [2.24, 2.45) is 0 Å². The summed E-state index contributed by atoms with van der Waals surface area (Å²) in [6, 6.07) is 37.2. The third-order valence-corrected chi connectivity index (χ3v) is 5.69. The zero-order chi connectivity index (χ0) is 22.4. The Hall–Kier alpha value is -4.05. The van der Waals surface area contributed by atoms with Crippen LogP contribution >= 0.6 is 0 Å². The smallest absolute Gasteiger partial charge is 0.258 e. The second-order valence-corrected chi connectivity index (χ2v) is 7.55. The minimum Gasteiger partial charge on any atom is -0.497 e. The van der Waals surface area contributed by atoms with E-state index in [1.807, 2.05) is 122 Å². The second-order valence-electron chi connectivity index (χ2n) is 7.55. The van der Waals surface area contributed by atoms with E-state index in [1.165, 1.54) is 0 Å². The summed E-state index contributed by atoms with van der Waals surface area (Å²) in [6.45, 7) is 0. The predicted octanol–water partition coefficient (Wildman–Crippen LogP) is 5.20. The number of nitrogens with one attached hydrogen (secondary N) is 1. The Bertz CT molecular complexity index is 1100. The standard InChI is InChI=1S/C28H26N2O2/c1-30(25-16-10-5-11-17-25)29-27(31)28(22-12-6-3-7-13-22,23-14-8-4-9-15-23)24-18-20-26(32-2)21-19-24/h3-21H,1-2H3,(H,29,31). The summed E-state index contributed by atoms with van der Waals surface area (Å²) < 4.78 is 5.37. The number of carbonyl (C=O) groups excluding carboxylic acids is 1. The molecule has 4 aromatic carbocycles. The van der Waals surface area contributed by atoms with Gasteiger partial charge in [-0.1, -0.05) is 91.0 Å². The van der Waals surface area contributed by atoms with Crippen molar-refractivity contribution in [3.8, 4) is 5.75 Å². The molecule has 0 aliphatic rings. The monoisotopic (exact) mass is 422 g/mol. The second kappa shape index (κ2) is 9.40. The van der Waals surface area contributed by atoms with E-state index >= 15 is 0 Å². The molecule has 0 fully saturated rings. The lowest BCUT2D eigenvalue weighted by molar-refractivity contribution is -0.124. The maximum atomic E-state index is 14.2. The number of carbonyl (C=O) groups is 1. The Kier molecular flexibility index (Phi) is 6.22. The lowest BCUT2D eigenvalue weighted by Gasteiger charge is -2.36. The summed E-state index contributed by atoms with van der Waals surface area (Å²) >= 11 is 0. The molecule has 0 aliphatic carbocycles. The largest absolute Gasteiger partial charge is 0.497 e. The van der Waals surface area contributed by atoms with E-state index in [2.05, 4.69) is 5.43 Å². The molecule has 32 heavy (non-hydrogen) atoms. The molecule has 0 aromatic heterocycles. The lowest BCUT2D eigenvalue weighted by atomic mass is 9.69. The first-order chi connectivity index (χ1) is 15.7. The number of anilines is 1. The first-order valence-corrected chi connectivity index (χ1v) is 10.5. The molecule has 0 radical (unpaired) electrons. The van der Waals surface area contributed by atoms with Gasteiger partial charge in [0.15, 0.2) is 0 Å². The third kappa shape index (κ3) is 3.95. The number of ether oxygens (including phenoxy) is 1. The van der Waals surface area contributed by atoms with Crippen LogP contribution < -0.4 is 15.2 Å². The molecule has 4 rings (SSSR count). The van der Waals surface area contributed by atoms with E-state index in [0.29, 0.717) is 0 Å². The summed E-state index contributed by atoms with van der Waals surface area (Å²) in [6.07, 6.45) is 0. The first-order valence-electron chi connectivity index (χ1n) is 10.5. The maximum Gasteiger partial charge on any atom is 0.258 e. The van der Waals surface area contributed by atoms with Gasteiger partial charge in [-0.15, -0.1) is 0 Å². The number of hydrogen-bond donors (Lipinski definition) is 1. The minimum absolute atomic E-state index is 0.147. The van der Waals surface area contributed by atoms with Gasteiger partial charge in [0.25, 0.3) is 5.91 Å². The van der Waals surface area contributed by atoms with Gasteiger partial charge in [0.1, 0.15) is 11.2 Å². The SMILES string of the molecule is COc1ccc(C(C(=O)NN(C)c2ccccc2)(c2ccccc2)c2ccccc2)cc1. The number of rotatable bonds is 7. The zero-order valence-corrected chi connectivity index (χ0v) is 18.2. The van der Waals surface area contributed by atoms with Crippen molar-refractivity contribution in [3.05, 3.63) is 132 Å². The van der Waals surface area contributed by atoms with Crippen LogP contribution in [-0.4, -0.2) is 20.1 Å². The van der Waals surface area contributed by atoms with Gasteiger partial charge in [-0.2, -0.15) is 0 Å². The summed E-state index contributed by atoms with van der Waals surface area (Å²) in [4.78, 5) is 14.2. The van der Waals surface area contributed by atoms with Gasteiger partial charge in [-0.3, -0.25) is 15.2 Å².